The van der Waals surface area contributed by atoms with Crippen LogP contribution in [0.1, 0.15) is 17.7 Å². The van der Waals surface area contributed by atoms with Crippen LogP contribution in [0.2, 0.25) is 0 Å². The molecule has 1 heterocycles. The number of hydrogen-bond acceptors (Lipinski definition) is 3. The maximum absolute atomic E-state index is 12.0. The van der Waals surface area contributed by atoms with Gasteiger partial charge in [0.05, 0.1) is 17.9 Å². The summed E-state index contributed by atoms with van der Waals surface area (Å²) in [4.78, 5) is 20.5. The molecule has 1 aromatic heterocycles. The first-order valence-corrected chi connectivity index (χ1v) is 7.98. The topological polar surface area (TPSA) is 54.9 Å². The number of nitrogens with zero attached hydrogens (tertiary/aromatic N) is 2. The lowest BCUT2D eigenvalue weighted by Crippen LogP contribution is -2.23. The highest BCUT2D eigenvalue weighted by atomic mass is 16.1. The highest BCUT2D eigenvalue weighted by Gasteiger charge is 2.05. The lowest BCUT2D eigenvalue weighted by atomic mass is 10.1. The number of benzene rings is 2. The molecule has 0 aliphatic heterocycles. The van der Waals surface area contributed by atoms with E-state index in [4.69, 9.17) is 0 Å². The number of carbonyl (C=O) groups is 1. The van der Waals surface area contributed by atoms with Crippen LogP contribution in [0.4, 0.5) is 0 Å². The molecule has 0 unspecified atom stereocenters. The summed E-state index contributed by atoms with van der Waals surface area (Å²) < 4.78 is 0. The second-order valence-corrected chi connectivity index (χ2v) is 5.52. The molecule has 4 nitrogen and oxygen atoms in total. The molecule has 1 amide bonds. The summed E-state index contributed by atoms with van der Waals surface area (Å²) in [5.41, 5.74) is 3.87. The molecule has 3 rings (SSSR count). The molecule has 0 bridgehead atoms. The molecule has 1 N–H and O–H groups in total. The predicted octanol–water partition coefficient (Wildman–Crippen LogP) is 3.39. The molecule has 0 spiro atoms. The van der Waals surface area contributed by atoms with E-state index in [-0.39, 0.29) is 5.91 Å². The molecule has 0 atom stereocenters. The Kier molecular flexibility index (Phi) is 5.30. The minimum atomic E-state index is 0.0266. The maximum atomic E-state index is 12.0. The van der Waals surface area contributed by atoms with E-state index < -0.39 is 0 Å². The van der Waals surface area contributed by atoms with E-state index in [2.05, 4.69) is 15.3 Å². The van der Waals surface area contributed by atoms with Crippen molar-refractivity contribution >= 4 is 5.91 Å². The van der Waals surface area contributed by atoms with Gasteiger partial charge in [0.1, 0.15) is 6.33 Å². The zero-order chi connectivity index (χ0) is 16.6. The van der Waals surface area contributed by atoms with Crippen LogP contribution in [0.5, 0.6) is 0 Å². The van der Waals surface area contributed by atoms with Crippen molar-refractivity contribution in [2.24, 2.45) is 0 Å². The summed E-state index contributed by atoms with van der Waals surface area (Å²) in [6, 6.07) is 21.8. The zero-order valence-electron chi connectivity index (χ0n) is 13.4. The Labute approximate surface area is 141 Å². The fourth-order valence-corrected chi connectivity index (χ4v) is 2.44. The highest BCUT2D eigenvalue weighted by molar-refractivity contribution is 5.76. The molecular weight excluding hydrogens is 298 g/mol. The Bertz CT molecular complexity index is 788. The van der Waals surface area contributed by atoms with Gasteiger partial charge in [-0.2, -0.15) is 0 Å². The van der Waals surface area contributed by atoms with E-state index in [0.717, 1.165) is 23.4 Å². The number of nitrogens with one attached hydrogen (secondary N) is 1. The first-order chi connectivity index (χ1) is 11.8. The van der Waals surface area contributed by atoms with Crippen LogP contribution in [0.15, 0.2) is 73.1 Å². The molecule has 0 saturated carbocycles. The summed E-state index contributed by atoms with van der Waals surface area (Å²) in [6.07, 6.45) is 2.75. The van der Waals surface area contributed by atoms with Crippen molar-refractivity contribution in [3.05, 3.63) is 84.3 Å². The molecule has 4 heteroatoms. The number of carbonyl (C=O) groups excluding carboxylic acids is 1. The van der Waals surface area contributed by atoms with E-state index in [1.165, 1.54) is 11.9 Å². The maximum Gasteiger partial charge on any atom is 0.220 e. The molecule has 0 aliphatic rings. The molecule has 0 aliphatic carbocycles. The number of aromatic nitrogens is 2. The first-order valence-electron chi connectivity index (χ1n) is 7.98. The van der Waals surface area contributed by atoms with E-state index in [0.29, 0.717) is 13.0 Å². The normalized spacial score (nSPS) is 10.3. The average Bonchev–Trinajstić information content (AvgIpc) is 2.66. The highest BCUT2D eigenvalue weighted by Crippen LogP contribution is 2.16. The molecular formula is C20H19N3O. The zero-order valence-corrected chi connectivity index (χ0v) is 13.4. The van der Waals surface area contributed by atoms with E-state index >= 15 is 0 Å². The van der Waals surface area contributed by atoms with Gasteiger partial charge in [0.15, 0.2) is 0 Å². The monoisotopic (exact) mass is 317 g/mol. The quantitative estimate of drug-likeness (QED) is 0.758. The Hall–Kier alpha value is -3.01. The van der Waals surface area contributed by atoms with Crippen LogP contribution >= 0.6 is 0 Å². The van der Waals surface area contributed by atoms with Crippen molar-refractivity contribution in [2.45, 2.75) is 19.4 Å². The molecule has 0 saturated heterocycles. The average molecular weight is 317 g/mol. The number of aryl methyl sites for hydroxylation is 1. The van der Waals surface area contributed by atoms with Crippen molar-refractivity contribution < 1.29 is 4.79 Å². The van der Waals surface area contributed by atoms with Crippen LogP contribution in [-0.2, 0) is 17.8 Å². The Morgan fingerprint density at radius 3 is 2.38 bits per heavy atom. The van der Waals surface area contributed by atoms with Gasteiger partial charge in [-0.3, -0.25) is 4.79 Å². The summed E-state index contributed by atoms with van der Waals surface area (Å²) in [5, 5.41) is 2.92. The SMILES string of the molecule is O=C(CCc1ccccc1)NCc1cc(-c2ccccc2)ncn1. The third kappa shape index (κ3) is 4.49. The Morgan fingerprint density at radius 1 is 0.917 bits per heavy atom. The third-order valence-corrected chi connectivity index (χ3v) is 3.74. The summed E-state index contributed by atoms with van der Waals surface area (Å²) in [6.45, 7) is 0.413. The van der Waals surface area contributed by atoms with Gasteiger partial charge in [-0.1, -0.05) is 60.7 Å². The van der Waals surface area contributed by atoms with Gasteiger partial charge in [-0.05, 0) is 18.1 Å². The molecule has 2 aromatic carbocycles. The van der Waals surface area contributed by atoms with Gasteiger partial charge in [-0.15, -0.1) is 0 Å². The van der Waals surface area contributed by atoms with E-state index in [1.807, 2.05) is 66.7 Å². The standard InChI is InChI=1S/C20H19N3O/c24-20(12-11-16-7-3-1-4-8-16)21-14-18-13-19(23-15-22-18)17-9-5-2-6-10-17/h1-10,13,15H,11-12,14H2,(H,21,24). The Balaban J connectivity index is 1.54. The van der Waals surface area contributed by atoms with E-state index in [9.17, 15) is 4.79 Å². The number of hydrogen-bond donors (Lipinski definition) is 1. The number of amides is 1. The van der Waals surface area contributed by atoms with Gasteiger partial charge in [0.2, 0.25) is 5.91 Å². The summed E-state index contributed by atoms with van der Waals surface area (Å²) >= 11 is 0. The second-order valence-electron chi connectivity index (χ2n) is 5.52. The second kappa shape index (κ2) is 8.02. The van der Waals surface area contributed by atoms with Crippen LogP contribution < -0.4 is 5.32 Å². The predicted molar refractivity (Wildman–Crippen MR) is 94.1 cm³/mol. The smallest absolute Gasteiger partial charge is 0.220 e. The summed E-state index contributed by atoms with van der Waals surface area (Å²) in [7, 11) is 0. The third-order valence-electron chi connectivity index (χ3n) is 3.74. The van der Waals surface area contributed by atoms with Crippen molar-refractivity contribution in [1.29, 1.82) is 0 Å². The van der Waals surface area contributed by atoms with Crippen LogP contribution in [-0.4, -0.2) is 15.9 Å². The van der Waals surface area contributed by atoms with Crippen molar-refractivity contribution in [3.8, 4) is 11.3 Å². The molecule has 0 radical (unpaired) electrons. The minimum Gasteiger partial charge on any atom is -0.350 e. The molecule has 0 fully saturated rings. The number of rotatable bonds is 6. The minimum absolute atomic E-state index is 0.0266. The molecule has 24 heavy (non-hydrogen) atoms. The summed E-state index contributed by atoms with van der Waals surface area (Å²) in [5.74, 6) is 0.0266. The lowest BCUT2D eigenvalue weighted by molar-refractivity contribution is -0.121. The van der Waals surface area contributed by atoms with Gasteiger partial charge >= 0.3 is 0 Å². The largest absolute Gasteiger partial charge is 0.350 e. The van der Waals surface area contributed by atoms with Crippen molar-refractivity contribution in [1.82, 2.24) is 15.3 Å². The van der Waals surface area contributed by atoms with Crippen LogP contribution in [0, 0.1) is 0 Å². The van der Waals surface area contributed by atoms with Crippen molar-refractivity contribution in [2.75, 3.05) is 0 Å². The Morgan fingerprint density at radius 2 is 1.62 bits per heavy atom. The van der Waals surface area contributed by atoms with Crippen molar-refractivity contribution in [3.63, 3.8) is 0 Å². The molecule has 3 aromatic rings. The van der Waals surface area contributed by atoms with Crippen LogP contribution in [0.25, 0.3) is 11.3 Å². The van der Waals surface area contributed by atoms with Gasteiger partial charge < -0.3 is 5.32 Å². The fourth-order valence-electron chi connectivity index (χ4n) is 2.44. The van der Waals surface area contributed by atoms with Crippen LogP contribution in [0.3, 0.4) is 0 Å². The first kappa shape index (κ1) is 15.9. The lowest BCUT2D eigenvalue weighted by Gasteiger charge is -2.06. The van der Waals surface area contributed by atoms with Gasteiger partial charge in [0, 0.05) is 12.0 Å². The molecule has 120 valence electrons. The van der Waals surface area contributed by atoms with Gasteiger partial charge in [0.25, 0.3) is 0 Å². The fraction of sp³-hybridized carbons (Fsp3) is 0.150. The van der Waals surface area contributed by atoms with Gasteiger partial charge in [-0.25, -0.2) is 9.97 Å². The van der Waals surface area contributed by atoms with E-state index in [1.54, 1.807) is 0 Å².